The van der Waals surface area contributed by atoms with Crippen molar-refractivity contribution in [3.8, 4) is 0 Å². The summed E-state index contributed by atoms with van der Waals surface area (Å²) < 4.78 is 0. The Morgan fingerprint density at radius 2 is 1.93 bits per heavy atom. The van der Waals surface area contributed by atoms with Gasteiger partial charge < -0.3 is 10.6 Å². The van der Waals surface area contributed by atoms with Gasteiger partial charge in [-0.05, 0) is 55.8 Å². The lowest BCUT2D eigenvalue weighted by Gasteiger charge is -2.09. The maximum Gasteiger partial charge on any atom is 0.319 e. The minimum absolute atomic E-state index is 0.221. The van der Waals surface area contributed by atoms with Crippen LogP contribution in [0.15, 0.2) is 40.5 Å². The summed E-state index contributed by atoms with van der Waals surface area (Å²) in [5.41, 5.74) is 0.725. The van der Waals surface area contributed by atoms with E-state index in [4.69, 9.17) is 0 Å². The van der Waals surface area contributed by atoms with E-state index in [0.29, 0.717) is 23.6 Å². The van der Waals surface area contributed by atoms with Crippen LogP contribution in [0.2, 0.25) is 0 Å². The number of urea groups is 1. The van der Waals surface area contributed by atoms with E-state index in [1.165, 1.54) is 11.8 Å². The lowest BCUT2D eigenvalue weighted by Crippen LogP contribution is -2.28. The number of carbonyl (C=O) groups is 1. The molecule has 2 heterocycles. The maximum atomic E-state index is 11.6. The third kappa shape index (κ3) is 6.67. The summed E-state index contributed by atoms with van der Waals surface area (Å²) in [6, 6.07) is 7.34. The third-order valence-electron chi connectivity index (χ3n) is 3.75. The number of hydrogen-bond acceptors (Lipinski definition) is 8. The van der Waals surface area contributed by atoms with Gasteiger partial charge >= 0.3 is 6.03 Å². The zero-order valence-corrected chi connectivity index (χ0v) is 19.0. The molecule has 158 valence electrons. The third-order valence-corrected chi connectivity index (χ3v) is 5.45. The van der Waals surface area contributed by atoms with Crippen molar-refractivity contribution in [2.24, 2.45) is 5.92 Å². The summed E-state index contributed by atoms with van der Waals surface area (Å²) in [6.45, 7) is 8.73. The van der Waals surface area contributed by atoms with E-state index in [-0.39, 0.29) is 6.03 Å². The lowest BCUT2D eigenvalue weighted by molar-refractivity contribution is 0.252. The minimum atomic E-state index is -0.221. The van der Waals surface area contributed by atoms with Crippen LogP contribution in [0.4, 0.5) is 21.6 Å². The van der Waals surface area contributed by atoms with Gasteiger partial charge in [0.1, 0.15) is 5.82 Å². The van der Waals surface area contributed by atoms with Crippen molar-refractivity contribution in [2.45, 2.75) is 44.2 Å². The van der Waals surface area contributed by atoms with Gasteiger partial charge in [0, 0.05) is 34.6 Å². The molecule has 0 fully saturated rings. The minimum Gasteiger partial charge on any atom is -0.338 e. The summed E-state index contributed by atoms with van der Waals surface area (Å²) >= 11 is 3.00. The molecule has 3 aromatic rings. The van der Waals surface area contributed by atoms with Crippen molar-refractivity contribution in [3.05, 3.63) is 41.2 Å². The van der Waals surface area contributed by atoms with E-state index in [0.717, 1.165) is 32.8 Å². The van der Waals surface area contributed by atoms with E-state index < -0.39 is 0 Å². The first-order valence-corrected chi connectivity index (χ1v) is 11.3. The molecule has 0 saturated carbocycles. The molecule has 0 spiro atoms. The van der Waals surface area contributed by atoms with Crippen LogP contribution in [0.5, 0.6) is 0 Å². The average Bonchev–Trinajstić information content (AvgIpc) is 3.07. The fraction of sp³-hybridized carbons (Fsp3) is 0.350. The highest BCUT2D eigenvalue weighted by Gasteiger charge is 2.11. The van der Waals surface area contributed by atoms with E-state index in [1.807, 2.05) is 44.3 Å². The van der Waals surface area contributed by atoms with Gasteiger partial charge in [-0.25, -0.2) is 14.8 Å². The molecule has 0 atom stereocenters. The van der Waals surface area contributed by atoms with E-state index >= 15 is 0 Å². The Bertz CT molecular complexity index is 989. The smallest absolute Gasteiger partial charge is 0.319 e. The molecule has 0 bridgehead atoms. The molecule has 3 rings (SSSR count). The van der Waals surface area contributed by atoms with Gasteiger partial charge in [-0.15, -0.1) is 11.3 Å². The number of amides is 2. The maximum absolute atomic E-state index is 11.6. The largest absolute Gasteiger partial charge is 0.338 e. The molecule has 2 amide bonds. The van der Waals surface area contributed by atoms with Crippen LogP contribution in [0.3, 0.4) is 0 Å². The van der Waals surface area contributed by atoms with Crippen LogP contribution in [0, 0.1) is 12.8 Å². The number of aromatic nitrogens is 4. The Labute approximate surface area is 184 Å². The van der Waals surface area contributed by atoms with Crippen molar-refractivity contribution in [2.75, 3.05) is 17.2 Å². The fourth-order valence-electron chi connectivity index (χ4n) is 2.51. The monoisotopic (exact) mass is 443 g/mol. The molecule has 1 aromatic carbocycles. The Morgan fingerprint density at radius 1 is 1.17 bits per heavy atom. The summed E-state index contributed by atoms with van der Waals surface area (Å²) in [7, 11) is 0. The number of thiazole rings is 1. The van der Waals surface area contributed by atoms with Crippen molar-refractivity contribution < 1.29 is 4.79 Å². The molecule has 2 aromatic heterocycles. The molecule has 8 nitrogen and oxygen atoms in total. The summed E-state index contributed by atoms with van der Waals surface area (Å²) in [6.07, 6.45) is 2.58. The molecular formula is C20H25N7OS2. The molecule has 0 aliphatic rings. The second kappa shape index (κ2) is 10.4. The highest BCUT2D eigenvalue weighted by molar-refractivity contribution is 7.99. The predicted molar refractivity (Wildman–Crippen MR) is 122 cm³/mol. The zero-order chi connectivity index (χ0) is 21.5. The Morgan fingerprint density at radius 3 is 2.57 bits per heavy atom. The van der Waals surface area contributed by atoms with Crippen LogP contribution >= 0.6 is 23.1 Å². The first kappa shape index (κ1) is 22.0. The predicted octanol–water partition coefficient (Wildman–Crippen LogP) is 4.87. The van der Waals surface area contributed by atoms with Gasteiger partial charge in [0.25, 0.3) is 0 Å². The quantitative estimate of drug-likeness (QED) is 0.456. The molecule has 10 heteroatoms. The van der Waals surface area contributed by atoms with Gasteiger partial charge in [0.05, 0.1) is 0 Å². The number of rotatable bonds is 8. The molecule has 0 radical (unpaired) electrons. The molecule has 0 aliphatic heterocycles. The molecule has 0 unspecified atom stereocenters. The normalized spacial score (nSPS) is 10.8. The zero-order valence-electron chi connectivity index (χ0n) is 17.4. The molecule has 30 heavy (non-hydrogen) atoms. The lowest BCUT2D eigenvalue weighted by atomic mass is 10.1. The topological polar surface area (TPSA) is 105 Å². The Balaban J connectivity index is 1.76. The van der Waals surface area contributed by atoms with E-state index in [9.17, 15) is 4.79 Å². The molecule has 3 N–H and O–H groups in total. The Kier molecular flexibility index (Phi) is 7.58. The van der Waals surface area contributed by atoms with Crippen molar-refractivity contribution in [3.63, 3.8) is 0 Å². The summed E-state index contributed by atoms with van der Waals surface area (Å²) in [4.78, 5) is 31.8. The summed E-state index contributed by atoms with van der Waals surface area (Å²) in [5.74, 6) is 1.67. The van der Waals surface area contributed by atoms with Crippen LogP contribution in [-0.4, -0.2) is 32.5 Å². The van der Waals surface area contributed by atoms with Crippen molar-refractivity contribution in [1.82, 2.24) is 25.3 Å². The van der Waals surface area contributed by atoms with E-state index in [2.05, 4.69) is 49.7 Å². The van der Waals surface area contributed by atoms with Gasteiger partial charge in [-0.3, -0.25) is 5.32 Å². The SMILES string of the molecule is CCNC(=O)Nc1ccc(Sc2nc(CC(C)C)nc(Nc3ncc(C)s3)n2)cc1. The van der Waals surface area contributed by atoms with Crippen molar-refractivity contribution in [1.29, 1.82) is 0 Å². The number of benzene rings is 1. The molecular weight excluding hydrogens is 418 g/mol. The standard InChI is InChI=1S/C20H25N7OS2/c1-5-21-18(28)23-14-6-8-15(9-7-14)30-20-25-16(10-12(2)3)24-17(27-20)26-19-22-11-13(4)29-19/h6-9,11-12H,5,10H2,1-4H3,(H2,21,23,28)(H,22,24,25,26,27). The van der Waals surface area contributed by atoms with Crippen LogP contribution < -0.4 is 16.0 Å². The highest BCUT2D eigenvalue weighted by atomic mass is 32.2. The fourth-order valence-corrected chi connectivity index (χ4v) is 3.94. The summed E-state index contributed by atoms with van der Waals surface area (Å²) in [5, 5.41) is 10.0. The molecule has 0 aliphatic carbocycles. The number of nitrogens with zero attached hydrogens (tertiary/aromatic N) is 4. The second-order valence-electron chi connectivity index (χ2n) is 6.97. The van der Waals surface area contributed by atoms with Crippen LogP contribution in [0.1, 0.15) is 31.5 Å². The number of anilines is 3. The Hall–Kier alpha value is -2.72. The van der Waals surface area contributed by atoms with Gasteiger partial charge in [-0.1, -0.05) is 13.8 Å². The number of nitrogens with one attached hydrogen (secondary N) is 3. The molecule has 0 saturated heterocycles. The van der Waals surface area contributed by atoms with Crippen LogP contribution in [-0.2, 0) is 6.42 Å². The van der Waals surface area contributed by atoms with Crippen molar-refractivity contribution >= 4 is 45.9 Å². The van der Waals surface area contributed by atoms with Gasteiger partial charge in [0.15, 0.2) is 10.3 Å². The number of aryl methyl sites for hydroxylation is 1. The highest BCUT2D eigenvalue weighted by Crippen LogP contribution is 2.28. The first-order chi connectivity index (χ1) is 14.4. The second-order valence-corrected chi connectivity index (χ2v) is 9.24. The number of hydrogen-bond donors (Lipinski definition) is 3. The first-order valence-electron chi connectivity index (χ1n) is 9.68. The van der Waals surface area contributed by atoms with Gasteiger partial charge in [0.2, 0.25) is 5.95 Å². The number of carbonyl (C=O) groups excluding carboxylic acids is 1. The van der Waals surface area contributed by atoms with E-state index in [1.54, 1.807) is 11.3 Å². The van der Waals surface area contributed by atoms with Crippen LogP contribution in [0.25, 0.3) is 0 Å². The van der Waals surface area contributed by atoms with Gasteiger partial charge in [-0.2, -0.15) is 9.97 Å². The average molecular weight is 444 g/mol.